The third-order valence-electron chi connectivity index (χ3n) is 1.84. The molecule has 3 nitrogen and oxygen atoms in total. The Labute approximate surface area is 83.1 Å². The second-order valence-electron chi connectivity index (χ2n) is 2.81. The van der Waals surface area contributed by atoms with Gasteiger partial charge < -0.3 is 10.4 Å². The minimum absolute atomic E-state index is 0.287. The first-order valence-electron chi connectivity index (χ1n) is 5.26. The number of rotatable bonds is 5. The molecule has 13 heavy (non-hydrogen) atoms. The van der Waals surface area contributed by atoms with E-state index in [2.05, 4.69) is 19.2 Å². The monoisotopic (exact) mass is 190 g/mol. The quantitative estimate of drug-likeness (QED) is 0.641. The second kappa shape index (κ2) is 11.9. The van der Waals surface area contributed by atoms with E-state index < -0.39 is 0 Å². The van der Waals surface area contributed by atoms with Gasteiger partial charge in [-0.25, -0.2) is 0 Å². The van der Waals surface area contributed by atoms with Crippen molar-refractivity contribution in [1.29, 1.82) is 0 Å². The first-order chi connectivity index (χ1) is 6.13. The molecule has 0 saturated heterocycles. The maximum absolute atomic E-state index is 8.94. The van der Waals surface area contributed by atoms with Gasteiger partial charge in [0.1, 0.15) is 6.23 Å². The van der Waals surface area contributed by atoms with Gasteiger partial charge in [0.25, 0.3) is 0 Å². The molecule has 0 amide bonds. The SMILES string of the molecule is CCN(CC)C(C)O.CCNCC. The van der Waals surface area contributed by atoms with E-state index in [9.17, 15) is 0 Å². The summed E-state index contributed by atoms with van der Waals surface area (Å²) in [5.74, 6) is 0. The Morgan fingerprint density at radius 3 is 1.46 bits per heavy atom. The average Bonchev–Trinajstić information content (AvgIpc) is 2.08. The second-order valence-corrected chi connectivity index (χ2v) is 2.81. The molecule has 0 aromatic rings. The lowest BCUT2D eigenvalue weighted by molar-refractivity contribution is 0.0265. The minimum atomic E-state index is -0.287. The van der Waals surface area contributed by atoms with Crippen LogP contribution < -0.4 is 5.32 Å². The fraction of sp³-hybridized carbons (Fsp3) is 1.00. The van der Waals surface area contributed by atoms with Crippen molar-refractivity contribution in [2.75, 3.05) is 26.2 Å². The number of nitrogens with zero attached hydrogens (tertiary/aromatic N) is 1. The average molecular weight is 190 g/mol. The van der Waals surface area contributed by atoms with E-state index >= 15 is 0 Å². The normalized spacial score (nSPS) is 12.2. The lowest BCUT2D eigenvalue weighted by Gasteiger charge is -2.20. The summed E-state index contributed by atoms with van der Waals surface area (Å²) in [7, 11) is 0. The summed E-state index contributed by atoms with van der Waals surface area (Å²) in [4.78, 5) is 1.97. The smallest absolute Gasteiger partial charge is 0.104 e. The molecule has 0 aliphatic carbocycles. The molecule has 3 heteroatoms. The fourth-order valence-corrected chi connectivity index (χ4v) is 1.00. The molecular formula is C10H26N2O. The van der Waals surface area contributed by atoms with Crippen LogP contribution in [0.2, 0.25) is 0 Å². The minimum Gasteiger partial charge on any atom is -0.379 e. The van der Waals surface area contributed by atoms with Crippen LogP contribution in [-0.4, -0.2) is 42.4 Å². The Kier molecular flexibility index (Phi) is 14.0. The topological polar surface area (TPSA) is 35.5 Å². The molecule has 82 valence electrons. The number of nitrogens with one attached hydrogen (secondary N) is 1. The van der Waals surface area contributed by atoms with E-state index in [1.807, 2.05) is 18.7 Å². The van der Waals surface area contributed by atoms with E-state index in [4.69, 9.17) is 5.11 Å². The summed E-state index contributed by atoms with van der Waals surface area (Å²) in [6.45, 7) is 14.1. The maximum atomic E-state index is 8.94. The van der Waals surface area contributed by atoms with Crippen LogP contribution >= 0.6 is 0 Å². The molecule has 0 aromatic carbocycles. The van der Waals surface area contributed by atoms with Gasteiger partial charge in [0.2, 0.25) is 0 Å². The van der Waals surface area contributed by atoms with Crippen LogP contribution in [0.25, 0.3) is 0 Å². The molecule has 0 bridgehead atoms. The predicted octanol–water partition coefficient (Wildman–Crippen LogP) is 1.28. The van der Waals surface area contributed by atoms with Gasteiger partial charge in [-0.15, -0.1) is 0 Å². The van der Waals surface area contributed by atoms with E-state index in [1.54, 1.807) is 6.92 Å². The lowest BCUT2D eigenvalue weighted by Crippen LogP contribution is -2.32. The molecule has 0 aliphatic heterocycles. The molecule has 0 spiro atoms. The number of hydrogen-bond acceptors (Lipinski definition) is 3. The largest absolute Gasteiger partial charge is 0.379 e. The summed E-state index contributed by atoms with van der Waals surface area (Å²) >= 11 is 0. The van der Waals surface area contributed by atoms with E-state index in [1.165, 1.54) is 0 Å². The van der Waals surface area contributed by atoms with Gasteiger partial charge in [-0.2, -0.15) is 0 Å². The van der Waals surface area contributed by atoms with Crippen LogP contribution in [0.1, 0.15) is 34.6 Å². The van der Waals surface area contributed by atoms with Crippen molar-refractivity contribution in [3.05, 3.63) is 0 Å². The number of hydrogen-bond donors (Lipinski definition) is 2. The van der Waals surface area contributed by atoms with Gasteiger partial charge in [0, 0.05) is 0 Å². The Morgan fingerprint density at radius 1 is 1.08 bits per heavy atom. The standard InChI is InChI=1S/C6H15NO.C4H11N/c1-4-7(5-2)6(3)8;1-3-5-4-2/h6,8H,4-5H2,1-3H3;5H,3-4H2,1-2H3. The van der Waals surface area contributed by atoms with Crippen molar-refractivity contribution in [2.24, 2.45) is 0 Å². The highest BCUT2D eigenvalue weighted by molar-refractivity contribution is 4.49. The highest BCUT2D eigenvalue weighted by Gasteiger charge is 2.02. The highest BCUT2D eigenvalue weighted by atomic mass is 16.3. The molecule has 0 aliphatic rings. The summed E-state index contributed by atoms with van der Waals surface area (Å²) in [5.41, 5.74) is 0. The summed E-state index contributed by atoms with van der Waals surface area (Å²) in [5, 5.41) is 12.0. The van der Waals surface area contributed by atoms with Crippen LogP contribution in [0.5, 0.6) is 0 Å². The Morgan fingerprint density at radius 2 is 1.46 bits per heavy atom. The Hall–Kier alpha value is -0.120. The van der Waals surface area contributed by atoms with Crippen molar-refractivity contribution < 1.29 is 5.11 Å². The van der Waals surface area contributed by atoms with Crippen molar-refractivity contribution in [2.45, 2.75) is 40.8 Å². The molecule has 0 radical (unpaired) electrons. The van der Waals surface area contributed by atoms with Crippen molar-refractivity contribution in [1.82, 2.24) is 10.2 Å². The molecule has 0 rings (SSSR count). The van der Waals surface area contributed by atoms with Crippen molar-refractivity contribution in [3.8, 4) is 0 Å². The van der Waals surface area contributed by atoms with E-state index in [0.29, 0.717) is 0 Å². The van der Waals surface area contributed by atoms with Gasteiger partial charge in [0.15, 0.2) is 0 Å². The van der Waals surface area contributed by atoms with Crippen LogP contribution in [0.15, 0.2) is 0 Å². The summed E-state index contributed by atoms with van der Waals surface area (Å²) in [6, 6.07) is 0. The van der Waals surface area contributed by atoms with E-state index in [-0.39, 0.29) is 6.23 Å². The van der Waals surface area contributed by atoms with Gasteiger partial charge in [-0.1, -0.05) is 27.7 Å². The Bertz CT molecular complexity index is 81.0. The zero-order valence-corrected chi connectivity index (χ0v) is 9.80. The zero-order valence-electron chi connectivity index (χ0n) is 9.80. The molecule has 0 fully saturated rings. The van der Waals surface area contributed by atoms with E-state index in [0.717, 1.165) is 26.2 Å². The van der Waals surface area contributed by atoms with Gasteiger partial charge in [0.05, 0.1) is 0 Å². The third-order valence-corrected chi connectivity index (χ3v) is 1.84. The lowest BCUT2D eigenvalue weighted by atomic mass is 10.5. The summed E-state index contributed by atoms with van der Waals surface area (Å²) < 4.78 is 0. The summed E-state index contributed by atoms with van der Waals surface area (Å²) in [6.07, 6.45) is -0.287. The zero-order chi connectivity index (χ0) is 10.7. The Balaban J connectivity index is 0. The van der Waals surface area contributed by atoms with Gasteiger partial charge >= 0.3 is 0 Å². The molecule has 0 aromatic heterocycles. The third kappa shape index (κ3) is 11.9. The highest BCUT2D eigenvalue weighted by Crippen LogP contribution is 1.91. The van der Waals surface area contributed by atoms with Crippen LogP contribution in [0, 0.1) is 0 Å². The first kappa shape index (κ1) is 15.4. The first-order valence-corrected chi connectivity index (χ1v) is 5.26. The van der Waals surface area contributed by atoms with Gasteiger partial charge in [-0.05, 0) is 33.1 Å². The van der Waals surface area contributed by atoms with Crippen LogP contribution in [0.4, 0.5) is 0 Å². The van der Waals surface area contributed by atoms with Gasteiger partial charge in [-0.3, -0.25) is 4.90 Å². The number of aliphatic hydroxyl groups excluding tert-OH is 1. The van der Waals surface area contributed by atoms with Crippen LogP contribution in [0.3, 0.4) is 0 Å². The number of aliphatic hydroxyl groups is 1. The molecule has 2 N–H and O–H groups in total. The van der Waals surface area contributed by atoms with Crippen LogP contribution in [-0.2, 0) is 0 Å². The van der Waals surface area contributed by atoms with Crippen molar-refractivity contribution in [3.63, 3.8) is 0 Å². The molecule has 1 unspecified atom stereocenters. The molecule has 0 heterocycles. The molecular weight excluding hydrogens is 164 g/mol. The predicted molar refractivity (Wildman–Crippen MR) is 58.8 cm³/mol. The molecule has 1 atom stereocenters. The fourth-order valence-electron chi connectivity index (χ4n) is 1.00. The van der Waals surface area contributed by atoms with Crippen molar-refractivity contribution >= 4 is 0 Å². The maximum Gasteiger partial charge on any atom is 0.104 e. The molecule has 0 saturated carbocycles.